The van der Waals surface area contributed by atoms with Gasteiger partial charge in [0.1, 0.15) is 27.7 Å². The van der Waals surface area contributed by atoms with Crippen molar-refractivity contribution in [1.29, 1.82) is 0 Å². The summed E-state index contributed by atoms with van der Waals surface area (Å²) in [6, 6.07) is 0. The first-order valence-corrected chi connectivity index (χ1v) is 11.0. The molecule has 2 rings (SSSR count). The Morgan fingerprint density at radius 3 is 1.36 bits per heavy atom. The molecule has 0 bridgehead atoms. The van der Waals surface area contributed by atoms with Gasteiger partial charge in [0.2, 0.25) is 16.9 Å². The van der Waals surface area contributed by atoms with Gasteiger partial charge in [0, 0.05) is 49.3 Å². The maximum absolute atomic E-state index is 4.93. The van der Waals surface area contributed by atoms with Gasteiger partial charge in [-0.15, -0.1) is 9.13 Å². The van der Waals surface area contributed by atoms with Crippen molar-refractivity contribution in [3.8, 4) is 0 Å². The van der Waals surface area contributed by atoms with Gasteiger partial charge in [0.25, 0.3) is 0 Å². The van der Waals surface area contributed by atoms with E-state index in [2.05, 4.69) is 94.8 Å². The monoisotopic (exact) mass is 463 g/mol. The molecule has 0 N–H and O–H groups in total. The molecule has 0 amide bonds. The van der Waals surface area contributed by atoms with E-state index in [1.807, 2.05) is 34.8 Å². The Labute approximate surface area is 197 Å². The first-order chi connectivity index (χ1) is 15.4. The van der Waals surface area contributed by atoms with Crippen LogP contribution in [-0.4, -0.2) is 76.1 Å². The van der Waals surface area contributed by atoms with Gasteiger partial charge in [-0.25, -0.2) is 14.8 Å². The highest BCUT2D eigenvalue weighted by molar-refractivity contribution is 5.25. The fourth-order valence-electron chi connectivity index (χ4n) is 4.81. The largest absolute Gasteiger partial charge is 0.506 e. The predicted octanol–water partition coefficient (Wildman–Crippen LogP) is -3.59. The van der Waals surface area contributed by atoms with Gasteiger partial charge in [0.05, 0.1) is 27.7 Å². The van der Waals surface area contributed by atoms with Crippen molar-refractivity contribution in [2.24, 2.45) is 57.3 Å². The average Bonchev–Trinajstić information content (AvgIpc) is 2.70. The van der Waals surface area contributed by atoms with Crippen LogP contribution in [0.15, 0.2) is 15.0 Å². The van der Waals surface area contributed by atoms with E-state index in [0.717, 1.165) is 41.2 Å². The summed E-state index contributed by atoms with van der Waals surface area (Å²) in [7, 11) is 26.1. The summed E-state index contributed by atoms with van der Waals surface area (Å²) in [6.07, 6.45) is 0. The van der Waals surface area contributed by atoms with Gasteiger partial charge in [0.15, 0.2) is 0 Å². The van der Waals surface area contributed by atoms with E-state index in [1.165, 1.54) is 0 Å². The summed E-state index contributed by atoms with van der Waals surface area (Å²) in [5.41, 5.74) is 2.43. The number of anilines is 3. The van der Waals surface area contributed by atoms with Gasteiger partial charge in [-0.3, -0.25) is 23.7 Å². The Hall–Kier alpha value is -3.18. The van der Waals surface area contributed by atoms with Crippen molar-refractivity contribution in [3.05, 3.63) is 16.9 Å². The van der Waals surface area contributed by atoms with Crippen LogP contribution in [0.1, 0.15) is 0 Å². The highest BCUT2D eigenvalue weighted by atomic mass is 15.5. The van der Waals surface area contributed by atoms with Crippen LogP contribution < -0.4 is 45.3 Å². The van der Waals surface area contributed by atoms with Crippen LogP contribution in [0.25, 0.3) is 0 Å². The quantitative estimate of drug-likeness (QED) is 0.416. The third kappa shape index (κ3) is 4.64. The molecule has 0 aliphatic carbocycles. The first kappa shape index (κ1) is 26.1. The number of hydrogen-bond acceptors (Lipinski definition) is 6. The second kappa shape index (κ2) is 10.2. The zero-order valence-corrected chi connectivity index (χ0v) is 22.8. The van der Waals surface area contributed by atoms with Crippen LogP contribution in [0.5, 0.6) is 0 Å². The lowest BCUT2D eigenvalue weighted by molar-refractivity contribution is -0.879. The van der Waals surface area contributed by atoms with Crippen LogP contribution >= 0.6 is 0 Å². The third-order valence-corrected chi connectivity index (χ3v) is 5.83. The molecule has 0 aliphatic rings. The van der Waals surface area contributed by atoms with Gasteiger partial charge in [-0.1, -0.05) is 4.57 Å². The highest BCUT2D eigenvalue weighted by Gasteiger charge is 2.39. The fraction of sp³-hybridized carbons (Fsp3) is 0.714. The molecule has 0 spiro atoms. The molecule has 2 heterocycles. The molecule has 0 fully saturated rings. The summed E-state index contributed by atoms with van der Waals surface area (Å²) in [4.78, 5) is 20.3. The lowest BCUT2D eigenvalue weighted by Crippen LogP contribution is -2.65. The van der Waals surface area contributed by atoms with E-state index in [0.29, 0.717) is 6.54 Å². The molecule has 0 aliphatic heterocycles. The number of aromatic nitrogens is 6. The maximum Gasteiger partial charge on any atom is 0.506 e. The second-order valence-electron chi connectivity index (χ2n) is 8.69. The molecule has 2 aromatic rings. The van der Waals surface area contributed by atoms with Crippen molar-refractivity contribution in [3.63, 3.8) is 0 Å². The molecule has 0 saturated heterocycles. The first-order valence-electron chi connectivity index (χ1n) is 11.0. The highest BCUT2D eigenvalue weighted by Crippen LogP contribution is 2.08. The number of rotatable bonds is 6. The minimum Gasteiger partial charge on any atom is -0.302 e. The Morgan fingerprint density at radius 2 is 1.00 bits per heavy atom. The summed E-state index contributed by atoms with van der Waals surface area (Å²) < 4.78 is 12.5. The van der Waals surface area contributed by atoms with E-state index < -0.39 is 0 Å². The van der Waals surface area contributed by atoms with E-state index in [9.17, 15) is 0 Å². The normalized spacial score (nSPS) is 13.2. The van der Waals surface area contributed by atoms with Gasteiger partial charge in [-0.2, -0.15) is 0 Å². The molecule has 0 saturated carbocycles. The zero-order chi connectivity index (χ0) is 25.2. The van der Waals surface area contributed by atoms with E-state index >= 15 is 0 Å². The third-order valence-electron chi connectivity index (χ3n) is 5.83. The zero-order valence-electron chi connectivity index (χ0n) is 22.8. The van der Waals surface area contributed by atoms with Gasteiger partial charge in [-0.05, 0) is 0 Å². The summed E-state index contributed by atoms with van der Waals surface area (Å²) >= 11 is 0. The molecule has 184 valence electrons. The van der Waals surface area contributed by atoms with Gasteiger partial charge < -0.3 is 4.90 Å². The summed E-state index contributed by atoms with van der Waals surface area (Å²) in [6.45, 7) is 1.36. The summed E-state index contributed by atoms with van der Waals surface area (Å²) in [5, 5.41) is 0. The molecule has 0 radical (unpaired) electrons. The average molecular weight is 464 g/mol. The second-order valence-corrected chi connectivity index (χ2v) is 8.69. The lowest BCUT2D eigenvalue weighted by atomic mass is 10.5. The molecule has 12 nitrogen and oxygen atoms in total. The SMILES string of the molecule is C/N=c1\n(C)/c(=N\CCN(C)c2[n+](C)c(N(C)C)[n+](C)c(N(C)C)[n+]2C)n(C)/c(=N/C)n1C. The molecule has 12 heteroatoms. The molecule has 33 heavy (non-hydrogen) atoms. The Kier molecular flexibility index (Phi) is 8.04. The van der Waals surface area contributed by atoms with Crippen LogP contribution in [0.2, 0.25) is 0 Å². The number of hydrogen-bond donors (Lipinski definition) is 0. The predicted molar refractivity (Wildman–Crippen MR) is 129 cm³/mol. The maximum atomic E-state index is 4.93. The molecule has 2 aromatic heterocycles. The van der Waals surface area contributed by atoms with E-state index in [4.69, 9.17) is 4.99 Å². The van der Waals surface area contributed by atoms with Crippen molar-refractivity contribution >= 4 is 17.8 Å². The Bertz CT molecular complexity index is 1140. The molecule has 0 unspecified atom stereocenters. The Balaban J connectivity index is 2.57. The molecule has 0 aromatic carbocycles. The van der Waals surface area contributed by atoms with Crippen molar-refractivity contribution in [1.82, 2.24) is 13.7 Å². The van der Waals surface area contributed by atoms with Crippen LogP contribution in [0.4, 0.5) is 17.8 Å². The van der Waals surface area contributed by atoms with Crippen LogP contribution in [-0.2, 0) is 42.3 Å². The van der Waals surface area contributed by atoms with E-state index in [1.54, 1.807) is 14.1 Å². The lowest BCUT2D eigenvalue weighted by Gasteiger charge is -2.18. The fourth-order valence-corrected chi connectivity index (χ4v) is 4.81. The van der Waals surface area contributed by atoms with Crippen LogP contribution in [0, 0.1) is 0 Å². The molecule has 0 atom stereocenters. The smallest absolute Gasteiger partial charge is 0.302 e. The van der Waals surface area contributed by atoms with E-state index in [-0.39, 0.29) is 0 Å². The minimum absolute atomic E-state index is 0.619. The standard InChI is InChI=1S/C21H43N12/c1-22-16-28(8)17(23-2)30(10)18(29(16)9)24-14-15-27(7)21-32(12)19(25(3)4)31(11)20(26(5)6)33(21)13/h14-15H2,1-13H3/q+3/b22-16-,23-17+,24-18+. The molecular weight excluding hydrogens is 420 g/mol. The molecular formula is C21H43N12+3. The van der Waals surface area contributed by atoms with Gasteiger partial charge >= 0.3 is 17.8 Å². The number of nitrogens with zero attached hydrogens (tertiary/aromatic N) is 12. The number of likely N-dealkylation sites (N-methyl/N-ethyl adjacent to an activating group) is 1. The minimum atomic E-state index is 0.619. The summed E-state index contributed by atoms with van der Waals surface area (Å²) in [5.74, 6) is 3.26. The van der Waals surface area contributed by atoms with Crippen molar-refractivity contribution in [2.45, 2.75) is 0 Å². The van der Waals surface area contributed by atoms with Crippen LogP contribution in [0.3, 0.4) is 0 Å². The Morgan fingerprint density at radius 1 is 0.636 bits per heavy atom. The van der Waals surface area contributed by atoms with Crippen molar-refractivity contribution in [2.75, 3.05) is 77.1 Å². The van der Waals surface area contributed by atoms with Crippen molar-refractivity contribution < 1.29 is 13.7 Å². The topological polar surface area (TPSA) is 73.2 Å².